The summed E-state index contributed by atoms with van der Waals surface area (Å²) in [7, 11) is 0. The van der Waals surface area contributed by atoms with Crippen molar-refractivity contribution in [1.82, 2.24) is 29.6 Å². The fraction of sp³-hybridized carbons (Fsp3) is 0.0400. The Labute approximate surface area is 188 Å². The van der Waals surface area contributed by atoms with Gasteiger partial charge in [-0.2, -0.15) is 14.7 Å². The summed E-state index contributed by atoms with van der Waals surface area (Å²) in [5.74, 6) is 0.739. The molecule has 0 amide bonds. The van der Waals surface area contributed by atoms with Crippen LogP contribution in [-0.4, -0.2) is 29.6 Å². The number of hydrogen-bond donors (Lipinski definition) is 0. The molecule has 7 heteroatoms. The van der Waals surface area contributed by atoms with Crippen molar-refractivity contribution in [1.29, 1.82) is 0 Å². The molecule has 3 aromatic carbocycles. The second-order valence-electron chi connectivity index (χ2n) is 7.51. The lowest BCUT2D eigenvalue weighted by Crippen LogP contribution is -1.99. The van der Waals surface area contributed by atoms with Crippen LogP contribution in [-0.2, 0) is 0 Å². The molecule has 6 nitrogen and oxygen atoms in total. The smallest absolute Gasteiger partial charge is 0.232 e. The normalized spacial score (nSPS) is 11.3. The summed E-state index contributed by atoms with van der Waals surface area (Å²) in [5.41, 5.74) is 6.21. The fourth-order valence-corrected chi connectivity index (χ4v) is 4.68. The van der Waals surface area contributed by atoms with E-state index >= 15 is 0 Å². The van der Waals surface area contributed by atoms with Crippen molar-refractivity contribution in [3.63, 3.8) is 0 Å². The number of benzene rings is 3. The molecule has 0 aliphatic carbocycles. The summed E-state index contributed by atoms with van der Waals surface area (Å²) in [6.07, 6.45) is 1.88. The third kappa shape index (κ3) is 3.11. The standard InChI is InChI=1S/C25H18N6S/c1-17-9-8-12-19(15-17)23-27-28-25-31(23)29-24(32-25)21-16-26-30(20-13-6-3-7-14-20)22(21)18-10-4-2-5-11-18/h2-16H,1H3. The second-order valence-corrected chi connectivity index (χ2v) is 8.47. The van der Waals surface area contributed by atoms with Gasteiger partial charge in [0.15, 0.2) is 10.8 Å². The van der Waals surface area contributed by atoms with Gasteiger partial charge in [-0.1, -0.05) is 83.6 Å². The van der Waals surface area contributed by atoms with Gasteiger partial charge in [-0.15, -0.1) is 10.2 Å². The molecule has 6 rings (SSSR count). The number of aromatic nitrogens is 6. The van der Waals surface area contributed by atoms with Gasteiger partial charge in [-0.25, -0.2) is 4.68 Å². The molecule has 32 heavy (non-hydrogen) atoms. The lowest BCUT2D eigenvalue weighted by atomic mass is 10.1. The predicted octanol–water partition coefficient (Wildman–Crippen LogP) is 5.68. The van der Waals surface area contributed by atoms with Gasteiger partial charge in [-0.3, -0.25) is 0 Å². The first-order valence-electron chi connectivity index (χ1n) is 10.3. The minimum absolute atomic E-state index is 0.739. The Morgan fingerprint density at radius 2 is 1.53 bits per heavy atom. The van der Waals surface area contributed by atoms with Gasteiger partial charge in [-0.05, 0) is 25.1 Å². The molecule has 154 valence electrons. The Bertz CT molecular complexity index is 1530. The first kappa shape index (κ1) is 18.7. The molecule has 0 N–H and O–H groups in total. The summed E-state index contributed by atoms with van der Waals surface area (Å²) < 4.78 is 3.79. The minimum Gasteiger partial charge on any atom is -0.232 e. The number of aryl methyl sites for hydroxylation is 1. The van der Waals surface area contributed by atoms with Gasteiger partial charge in [0.25, 0.3) is 0 Å². The maximum Gasteiger partial charge on any atom is 0.235 e. The summed E-state index contributed by atoms with van der Waals surface area (Å²) in [4.78, 5) is 0.753. The average molecular weight is 435 g/mol. The summed E-state index contributed by atoms with van der Waals surface area (Å²) >= 11 is 1.51. The Hall–Kier alpha value is -4.10. The predicted molar refractivity (Wildman–Crippen MR) is 127 cm³/mol. The second kappa shape index (κ2) is 7.55. The third-order valence-electron chi connectivity index (χ3n) is 5.31. The lowest BCUT2D eigenvalue weighted by Gasteiger charge is -2.09. The van der Waals surface area contributed by atoms with Crippen LogP contribution in [0.2, 0.25) is 0 Å². The third-order valence-corrected chi connectivity index (χ3v) is 6.25. The van der Waals surface area contributed by atoms with Gasteiger partial charge >= 0.3 is 0 Å². The van der Waals surface area contributed by atoms with Crippen LogP contribution in [0.4, 0.5) is 0 Å². The quantitative estimate of drug-likeness (QED) is 0.358. The van der Waals surface area contributed by atoms with Crippen molar-refractivity contribution in [2.24, 2.45) is 0 Å². The number of nitrogens with zero attached hydrogens (tertiary/aromatic N) is 6. The molecule has 0 saturated heterocycles. The van der Waals surface area contributed by atoms with Gasteiger partial charge in [0, 0.05) is 11.1 Å². The number of hydrogen-bond acceptors (Lipinski definition) is 5. The molecule has 3 heterocycles. The highest BCUT2D eigenvalue weighted by molar-refractivity contribution is 7.19. The van der Waals surface area contributed by atoms with E-state index in [2.05, 4.69) is 53.5 Å². The Balaban J connectivity index is 1.54. The molecule has 0 saturated carbocycles. The maximum absolute atomic E-state index is 4.90. The van der Waals surface area contributed by atoms with E-state index in [1.807, 2.05) is 63.9 Å². The van der Waals surface area contributed by atoms with Gasteiger partial charge in [0.05, 0.1) is 23.1 Å². The molecule has 6 aromatic rings. The SMILES string of the molecule is Cc1cccc(-c2nnc3sc(-c4cnn(-c5ccccc5)c4-c4ccccc4)nn23)c1. The number of rotatable bonds is 4. The average Bonchev–Trinajstić information content (AvgIpc) is 3.54. The van der Waals surface area contributed by atoms with Crippen LogP contribution in [0.15, 0.2) is 91.1 Å². The van der Waals surface area contributed by atoms with Crippen LogP contribution in [0.3, 0.4) is 0 Å². The zero-order chi connectivity index (χ0) is 21.5. The van der Waals surface area contributed by atoms with Crippen molar-refractivity contribution < 1.29 is 0 Å². The number of fused-ring (bicyclic) bond motifs is 1. The summed E-state index contributed by atoms with van der Waals surface area (Å²) in [6.45, 7) is 2.07. The largest absolute Gasteiger partial charge is 0.235 e. The zero-order valence-electron chi connectivity index (χ0n) is 17.3. The molecule has 0 bridgehead atoms. The molecule has 0 fully saturated rings. The molecule has 0 atom stereocenters. The summed E-state index contributed by atoms with van der Waals surface area (Å²) in [6, 6.07) is 28.6. The highest BCUT2D eigenvalue weighted by atomic mass is 32.1. The van der Waals surface area contributed by atoms with E-state index in [9.17, 15) is 0 Å². The first-order valence-corrected chi connectivity index (χ1v) is 11.1. The van der Waals surface area contributed by atoms with Crippen LogP contribution in [0.1, 0.15) is 5.56 Å². The van der Waals surface area contributed by atoms with Crippen molar-refractivity contribution in [2.45, 2.75) is 6.92 Å². The van der Waals surface area contributed by atoms with E-state index < -0.39 is 0 Å². The van der Waals surface area contributed by atoms with E-state index in [4.69, 9.17) is 10.2 Å². The van der Waals surface area contributed by atoms with Crippen molar-refractivity contribution in [3.8, 4) is 38.9 Å². The molecule has 0 spiro atoms. The molecule has 0 aliphatic rings. The summed E-state index contributed by atoms with van der Waals surface area (Å²) in [5, 5.41) is 19.2. The molecule has 0 radical (unpaired) electrons. The molecular formula is C25H18N6S. The van der Waals surface area contributed by atoms with Crippen molar-refractivity contribution in [2.75, 3.05) is 0 Å². The van der Waals surface area contributed by atoms with Gasteiger partial charge < -0.3 is 0 Å². The van der Waals surface area contributed by atoms with Crippen LogP contribution in [0.5, 0.6) is 0 Å². The Morgan fingerprint density at radius 3 is 2.31 bits per heavy atom. The zero-order valence-corrected chi connectivity index (χ0v) is 18.1. The molecule has 0 unspecified atom stereocenters. The van der Waals surface area contributed by atoms with E-state index in [1.165, 1.54) is 16.9 Å². The minimum atomic E-state index is 0.739. The van der Waals surface area contributed by atoms with E-state index in [-0.39, 0.29) is 0 Å². The van der Waals surface area contributed by atoms with Crippen molar-refractivity contribution in [3.05, 3.63) is 96.7 Å². The van der Waals surface area contributed by atoms with Crippen LogP contribution >= 0.6 is 11.3 Å². The van der Waals surface area contributed by atoms with Gasteiger partial charge in [0.1, 0.15) is 0 Å². The van der Waals surface area contributed by atoms with E-state index in [0.717, 1.165) is 43.9 Å². The van der Waals surface area contributed by atoms with Crippen LogP contribution in [0.25, 0.3) is 43.9 Å². The highest BCUT2D eigenvalue weighted by Gasteiger charge is 2.21. The molecular weight excluding hydrogens is 416 g/mol. The first-order chi connectivity index (χ1) is 15.8. The van der Waals surface area contributed by atoms with Gasteiger partial charge in [0.2, 0.25) is 4.96 Å². The molecule has 0 aliphatic heterocycles. The van der Waals surface area contributed by atoms with Crippen molar-refractivity contribution >= 4 is 16.3 Å². The van der Waals surface area contributed by atoms with E-state index in [1.54, 1.807) is 0 Å². The van der Waals surface area contributed by atoms with Crippen LogP contribution < -0.4 is 0 Å². The lowest BCUT2D eigenvalue weighted by molar-refractivity contribution is 0.888. The maximum atomic E-state index is 4.90. The monoisotopic (exact) mass is 434 g/mol. The van der Waals surface area contributed by atoms with Crippen LogP contribution in [0, 0.1) is 6.92 Å². The number of para-hydroxylation sites is 1. The fourth-order valence-electron chi connectivity index (χ4n) is 3.83. The Morgan fingerprint density at radius 1 is 0.781 bits per heavy atom. The topological polar surface area (TPSA) is 60.9 Å². The highest BCUT2D eigenvalue weighted by Crippen LogP contribution is 2.36. The van der Waals surface area contributed by atoms with E-state index in [0.29, 0.717) is 0 Å². The molecule has 3 aromatic heterocycles. The Kier molecular flexibility index (Phi) is 4.40.